The maximum absolute atomic E-state index is 12.8. The summed E-state index contributed by atoms with van der Waals surface area (Å²) in [6, 6.07) is 7.77. The van der Waals surface area contributed by atoms with Crippen LogP contribution in [-0.2, 0) is 10.5 Å². The molecule has 0 unspecified atom stereocenters. The van der Waals surface area contributed by atoms with Gasteiger partial charge in [0, 0.05) is 50.6 Å². The van der Waals surface area contributed by atoms with Crippen LogP contribution in [-0.4, -0.2) is 87.5 Å². The number of rotatable bonds is 6. The van der Waals surface area contributed by atoms with Crippen LogP contribution in [0.25, 0.3) is 0 Å². The Labute approximate surface area is 181 Å². The summed E-state index contributed by atoms with van der Waals surface area (Å²) in [4.78, 5) is 35.4. The average molecular weight is 429 g/mol. The molecule has 0 spiro atoms. The van der Waals surface area contributed by atoms with Crippen LogP contribution in [0, 0.1) is 0 Å². The highest BCUT2D eigenvalue weighted by molar-refractivity contribution is 7.98. The lowest BCUT2D eigenvalue weighted by molar-refractivity contribution is -0.133. The summed E-state index contributed by atoms with van der Waals surface area (Å²) in [7, 11) is 0. The molecule has 4 rings (SSSR count). The van der Waals surface area contributed by atoms with Gasteiger partial charge in [-0.1, -0.05) is 23.9 Å². The summed E-state index contributed by atoms with van der Waals surface area (Å²) in [6.07, 6.45) is 4.95. The lowest BCUT2D eigenvalue weighted by Crippen LogP contribution is -2.52. The average Bonchev–Trinajstić information content (AvgIpc) is 3.32. The number of likely N-dealkylation sites (tertiary alicyclic amines) is 1. The molecule has 8 nitrogen and oxygen atoms in total. The molecule has 2 fully saturated rings. The van der Waals surface area contributed by atoms with E-state index in [1.54, 1.807) is 11.8 Å². The third kappa shape index (κ3) is 5.40. The monoisotopic (exact) mass is 428 g/mol. The van der Waals surface area contributed by atoms with Crippen molar-refractivity contribution in [1.82, 2.24) is 29.9 Å². The van der Waals surface area contributed by atoms with Crippen LogP contribution < -0.4 is 0 Å². The smallest absolute Gasteiger partial charge is 0.253 e. The Balaban J connectivity index is 1.23. The van der Waals surface area contributed by atoms with Gasteiger partial charge < -0.3 is 9.80 Å². The molecular formula is C21H28N6O2S. The molecule has 3 heterocycles. The summed E-state index contributed by atoms with van der Waals surface area (Å²) in [5, 5.41) is 7.45. The molecule has 0 atom stereocenters. The number of aromatic nitrogens is 3. The highest BCUT2D eigenvalue weighted by Gasteiger charge is 2.25. The highest BCUT2D eigenvalue weighted by atomic mass is 32.2. The molecule has 1 N–H and O–H groups in total. The Kier molecular flexibility index (Phi) is 7.01. The summed E-state index contributed by atoms with van der Waals surface area (Å²) in [5.41, 5.74) is 1.84. The predicted molar refractivity (Wildman–Crippen MR) is 115 cm³/mol. The van der Waals surface area contributed by atoms with Crippen LogP contribution in [0.1, 0.15) is 35.2 Å². The number of carbonyl (C=O) groups is 2. The van der Waals surface area contributed by atoms with E-state index in [9.17, 15) is 9.59 Å². The van der Waals surface area contributed by atoms with E-state index >= 15 is 0 Å². The number of H-pyrrole nitrogens is 1. The van der Waals surface area contributed by atoms with Crippen molar-refractivity contribution in [3.8, 4) is 0 Å². The molecule has 2 amide bonds. The van der Waals surface area contributed by atoms with Gasteiger partial charge in [-0.05, 0) is 37.0 Å². The Morgan fingerprint density at radius 1 is 0.933 bits per heavy atom. The number of aromatic amines is 1. The SMILES string of the molecule is O=C(CN1CCN(C(=O)c2ccc(CSc3ncn[nH]3)cc2)CC1)N1CCCCC1. The fourth-order valence-electron chi connectivity index (χ4n) is 3.89. The summed E-state index contributed by atoms with van der Waals surface area (Å²) < 4.78 is 0. The van der Waals surface area contributed by atoms with Crippen molar-refractivity contribution in [2.24, 2.45) is 0 Å². The molecule has 0 radical (unpaired) electrons. The molecule has 1 aromatic carbocycles. The molecule has 1 aromatic heterocycles. The molecule has 2 aliphatic rings. The quantitative estimate of drug-likeness (QED) is 0.707. The van der Waals surface area contributed by atoms with Crippen molar-refractivity contribution in [3.63, 3.8) is 0 Å². The van der Waals surface area contributed by atoms with E-state index in [2.05, 4.69) is 20.1 Å². The third-order valence-corrected chi connectivity index (χ3v) is 6.64. The number of piperidine rings is 1. The first-order chi connectivity index (χ1) is 14.7. The van der Waals surface area contributed by atoms with E-state index in [4.69, 9.17) is 0 Å². The zero-order valence-corrected chi connectivity index (χ0v) is 17.9. The predicted octanol–water partition coefficient (Wildman–Crippen LogP) is 1.87. The van der Waals surface area contributed by atoms with Crippen molar-refractivity contribution < 1.29 is 9.59 Å². The maximum atomic E-state index is 12.8. The number of benzene rings is 1. The first kappa shape index (κ1) is 20.9. The molecule has 9 heteroatoms. The van der Waals surface area contributed by atoms with Crippen LogP contribution in [0.3, 0.4) is 0 Å². The van der Waals surface area contributed by atoms with Gasteiger partial charge >= 0.3 is 0 Å². The normalized spacial score (nSPS) is 17.9. The molecule has 2 aromatic rings. The Hall–Kier alpha value is -2.39. The number of amides is 2. The first-order valence-corrected chi connectivity index (χ1v) is 11.5. The fourth-order valence-corrected chi connectivity index (χ4v) is 4.62. The first-order valence-electron chi connectivity index (χ1n) is 10.6. The van der Waals surface area contributed by atoms with E-state index in [0.29, 0.717) is 25.2 Å². The van der Waals surface area contributed by atoms with Gasteiger partial charge in [-0.3, -0.25) is 19.6 Å². The van der Waals surface area contributed by atoms with Gasteiger partial charge in [0.2, 0.25) is 5.91 Å². The van der Waals surface area contributed by atoms with Gasteiger partial charge in [-0.2, -0.15) is 5.10 Å². The molecule has 0 saturated carbocycles. The summed E-state index contributed by atoms with van der Waals surface area (Å²) in [6.45, 7) is 5.08. The number of hydrogen-bond acceptors (Lipinski definition) is 6. The van der Waals surface area contributed by atoms with E-state index in [1.165, 1.54) is 12.7 Å². The lowest BCUT2D eigenvalue weighted by atomic mass is 10.1. The van der Waals surface area contributed by atoms with Gasteiger partial charge in [0.05, 0.1) is 6.54 Å². The molecular weight excluding hydrogens is 400 g/mol. The minimum Gasteiger partial charge on any atom is -0.342 e. The van der Waals surface area contributed by atoms with Gasteiger partial charge in [-0.25, -0.2) is 4.98 Å². The molecule has 30 heavy (non-hydrogen) atoms. The number of carbonyl (C=O) groups excluding carboxylic acids is 2. The second kappa shape index (κ2) is 10.1. The summed E-state index contributed by atoms with van der Waals surface area (Å²) >= 11 is 1.58. The van der Waals surface area contributed by atoms with Crippen molar-refractivity contribution in [2.45, 2.75) is 30.2 Å². The van der Waals surface area contributed by atoms with Crippen molar-refractivity contribution in [2.75, 3.05) is 45.8 Å². The second-order valence-corrected chi connectivity index (χ2v) is 8.75. The number of nitrogens with one attached hydrogen (secondary N) is 1. The van der Waals surface area contributed by atoms with E-state index in [-0.39, 0.29) is 11.8 Å². The Morgan fingerprint density at radius 2 is 1.67 bits per heavy atom. The highest BCUT2D eigenvalue weighted by Crippen LogP contribution is 2.19. The molecule has 160 valence electrons. The van der Waals surface area contributed by atoms with Crippen LogP contribution in [0.2, 0.25) is 0 Å². The molecule has 0 bridgehead atoms. The van der Waals surface area contributed by atoms with Crippen molar-refractivity contribution in [3.05, 3.63) is 41.7 Å². The van der Waals surface area contributed by atoms with Crippen LogP contribution in [0.5, 0.6) is 0 Å². The van der Waals surface area contributed by atoms with E-state index in [0.717, 1.165) is 55.5 Å². The molecule has 2 saturated heterocycles. The van der Waals surface area contributed by atoms with Gasteiger partial charge in [0.15, 0.2) is 5.16 Å². The second-order valence-electron chi connectivity index (χ2n) is 7.79. The topological polar surface area (TPSA) is 85.4 Å². The number of piperazine rings is 1. The molecule has 0 aliphatic carbocycles. The van der Waals surface area contributed by atoms with E-state index < -0.39 is 0 Å². The lowest BCUT2D eigenvalue weighted by Gasteiger charge is -2.36. The third-order valence-electron chi connectivity index (χ3n) is 5.70. The van der Waals surface area contributed by atoms with Crippen molar-refractivity contribution in [1.29, 1.82) is 0 Å². The molecule has 2 aliphatic heterocycles. The van der Waals surface area contributed by atoms with E-state index in [1.807, 2.05) is 34.1 Å². The largest absolute Gasteiger partial charge is 0.342 e. The minimum atomic E-state index is 0.0615. The van der Waals surface area contributed by atoms with Crippen LogP contribution in [0.4, 0.5) is 0 Å². The van der Waals surface area contributed by atoms with Crippen LogP contribution in [0.15, 0.2) is 35.7 Å². The van der Waals surface area contributed by atoms with Gasteiger partial charge in [-0.15, -0.1) is 0 Å². The van der Waals surface area contributed by atoms with Gasteiger partial charge in [0.25, 0.3) is 5.91 Å². The number of nitrogens with zero attached hydrogens (tertiary/aromatic N) is 5. The Morgan fingerprint density at radius 3 is 2.33 bits per heavy atom. The number of thioether (sulfide) groups is 1. The fraction of sp³-hybridized carbons (Fsp3) is 0.524. The minimum absolute atomic E-state index is 0.0615. The Bertz CT molecular complexity index is 828. The van der Waals surface area contributed by atoms with Crippen molar-refractivity contribution >= 4 is 23.6 Å². The summed E-state index contributed by atoms with van der Waals surface area (Å²) in [5.74, 6) is 1.06. The maximum Gasteiger partial charge on any atom is 0.253 e. The zero-order valence-electron chi connectivity index (χ0n) is 17.1. The van der Waals surface area contributed by atoms with Crippen LogP contribution >= 0.6 is 11.8 Å². The number of hydrogen-bond donors (Lipinski definition) is 1. The zero-order chi connectivity index (χ0) is 20.8. The standard InChI is InChI=1S/C21H28N6O2S/c28-19(26-8-2-1-3-9-26)14-25-10-12-27(13-11-25)20(29)18-6-4-17(5-7-18)15-30-21-22-16-23-24-21/h4-7,16H,1-3,8-15H2,(H,22,23,24). The van der Waals surface area contributed by atoms with Gasteiger partial charge in [0.1, 0.15) is 6.33 Å².